The van der Waals surface area contributed by atoms with E-state index in [2.05, 4.69) is 0 Å². The van der Waals surface area contributed by atoms with Gasteiger partial charge < -0.3 is 0 Å². The molecule has 0 amide bonds. The maximum absolute atomic E-state index is 0. The fourth-order valence-corrected chi connectivity index (χ4v) is 0. The normalized spacial score (nSPS) is 0. The van der Waals surface area contributed by atoms with Crippen LogP contribution in [0.15, 0.2) is 0 Å². The fraction of sp³-hybridized carbons (Fsp3) is 0. The third kappa shape index (κ3) is 9.23. The zero-order chi connectivity index (χ0) is 0. The first-order valence-corrected chi connectivity index (χ1v) is 0. The van der Waals surface area contributed by atoms with E-state index < -0.39 is 0 Å². The average molecular weight is 195 g/mol. The van der Waals surface area contributed by atoms with Gasteiger partial charge in [0.05, 0.1) is 0 Å². The fourth-order valence-electron chi connectivity index (χ4n) is 0. The molecule has 4 heavy (non-hydrogen) atoms. The molecule has 0 unspecified atom stereocenters. The monoisotopic (exact) mass is 195 g/mol. The number of rotatable bonds is 0. The molecular weight excluding hydrogens is 195 g/mol. The summed E-state index contributed by atoms with van der Waals surface area (Å²) in [5.74, 6) is 0. The van der Waals surface area contributed by atoms with Crippen LogP contribution in [-0.4, -0.2) is 11.0 Å². The van der Waals surface area contributed by atoms with Crippen LogP contribution in [0.5, 0.6) is 0 Å². The van der Waals surface area contributed by atoms with Crippen LogP contribution in [0.2, 0.25) is 0 Å². The second kappa shape index (κ2) is 21.6. The van der Waals surface area contributed by atoms with E-state index in [4.69, 9.17) is 0 Å². The van der Waals surface area contributed by atoms with Crippen molar-refractivity contribution in [2.24, 2.45) is 0 Å². The van der Waals surface area contributed by atoms with E-state index in [1.165, 1.54) is 0 Å². The van der Waals surface area contributed by atoms with Crippen molar-refractivity contribution in [3.63, 3.8) is 0 Å². The molecule has 0 aliphatic carbocycles. The number of hydrogen-bond donors (Lipinski definition) is 0. The predicted molar refractivity (Wildman–Crippen MR) is 5.75 cm³/mol. The predicted octanol–water partition coefficient (Wildman–Crippen LogP) is -0.388. The molecule has 5 radical (unpaired) electrons. The van der Waals surface area contributed by atoms with Gasteiger partial charge in [0.25, 0.3) is 0 Å². The van der Waals surface area contributed by atoms with Crippen molar-refractivity contribution in [1.82, 2.24) is 0 Å². The second-order valence-electron chi connectivity index (χ2n) is 0. The third-order valence-corrected chi connectivity index (χ3v) is 0. The molecule has 27 valence electrons. The Kier molecular flexibility index (Phi) is 226. The van der Waals surface area contributed by atoms with E-state index in [9.17, 15) is 0 Å². The quantitative estimate of drug-likeness (QED) is 0.461. The molecule has 0 aliphatic rings. The first kappa shape index (κ1) is 41.8. The van der Waals surface area contributed by atoms with E-state index in [-0.39, 0.29) is 62.2 Å². The zero-order valence-electron chi connectivity index (χ0n) is 1.60. The molecule has 0 aromatic carbocycles. The SMILES string of the molecule is [Co].[Cr].[Fe].[Si]. The van der Waals surface area contributed by atoms with E-state index in [1.54, 1.807) is 0 Å². The third-order valence-electron chi connectivity index (χ3n) is 0. The zero-order valence-corrected chi connectivity index (χ0v) is 6.02. The van der Waals surface area contributed by atoms with E-state index >= 15 is 0 Å². The van der Waals surface area contributed by atoms with E-state index in [0.29, 0.717) is 0 Å². The van der Waals surface area contributed by atoms with Gasteiger partial charge in [0.15, 0.2) is 0 Å². The van der Waals surface area contributed by atoms with Crippen LogP contribution in [0.4, 0.5) is 0 Å². The second-order valence-corrected chi connectivity index (χ2v) is 0. The van der Waals surface area contributed by atoms with Crippen LogP contribution < -0.4 is 0 Å². The summed E-state index contributed by atoms with van der Waals surface area (Å²) in [6.45, 7) is 0. The summed E-state index contributed by atoms with van der Waals surface area (Å²) in [6, 6.07) is 0. The molecule has 0 aliphatic heterocycles. The van der Waals surface area contributed by atoms with Crippen molar-refractivity contribution in [2.75, 3.05) is 0 Å². The smallest absolute Gasteiger partial charge is 0 e. The van der Waals surface area contributed by atoms with Crippen LogP contribution in [0.1, 0.15) is 0 Å². The molecule has 0 bridgehead atoms. The van der Waals surface area contributed by atoms with Gasteiger partial charge in [0, 0.05) is 62.2 Å². The van der Waals surface area contributed by atoms with Crippen molar-refractivity contribution in [1.29, 1.82) is 0 Å². The summed E-state index contributed by atoms with van der Waals surface area (Å²) in [5, 5.41) is 0. The van der Waals surface area contributed by atoms with Gasteiger partial charge in [-0.1, -0.05) is 0 Å². The Morgan fingerprint density at radius 1 is 1.00 bits per heavy atom. The maximum atomic E-state index is 0. The van der Waals surface area contributed by atoms with Gasteiger partial charge in [0.1, 0.15) is 0 Å². The molecule has 0 fully saturated rings. The van der Waals surface area contributed by atoms with E-state index in [0.717, 1.165) is 0 Å². The van der Waals surface area contributed by atoms with Crippen molar-refractivity contribution < 1.29 is 51.2 Å². The standard InChI is InChI=1S/Co.Cr.Fe.Si. The summed E-state index contributed by atoms with van der Waals surface area (Å²) in [4.78, 5) is 0. The Labute approximate surface area is 61.9 Å². The van der Waals surface area contributed by atoms with Crippen molar-refractivity contribution >= 4 is 11.0 Å². The van der Waals surface area contributed by atoms with Gasteiger partial charge in [-0.15, -0.1) is 0 Å². The number of hydrogen-bond acceptors (Lipinski definition) is 0. The molecule has 0 rings (SSSR count). The minimum absolute atomic E-state index is 0. The molecule has 0 saturated carbocycles. The van der Waals surface area contributed by atoms with Crippen LogP contribution in [0, 0.1) is 0 Å². The van der Waals surface area contributed by atoms with Crippen LogP contribution in [0.25, 0.3) is 0 Å². The van der Waals surface area contributed by atoms with Gasteiger partial charge in [-0.2, -0.15) is 0 Å². The van der Waals surface area contributed by atoms with Crippen LogP contribution in [0.3, 0.4) is 0 Å². The Balaban J connectivity index is 0. The van der Waals surface area contributed by atoms with Crippen molar-refractivity contribution in [2.45, 2.75) is 0 Å². The molecule has 0 atom stereocenters. The first-order chi connectivity index (χ1) is 0. The molecule has 4 heteroatoms. The summed E-state index contributed by atoms with van der Waals surface area (Å²) in [7, 11) is 0. The maximum Gasteiger partial charge on any atom is 0 e. The Bertz CT molecular complexity index is 8.00. The molecule has 0 nitrogen and oxygen atoms in total. The molecule has 0 heterocycles. The van der Waals surface area contributed by atoms with Gasteiger partial charge in [-0.05, 0) is 0 Å². The molecule has 0 N–H and O–H groups in total. The van der Waals surface area contributed by atoms with Crippen molar-refractivity contribution in [3.8, 4) is 0 Å². The summed E-state index contributed by atoms with van der Waals surface area (Å²) in [6.07, 6.45) is 0. The van der Waals surface area contributed by atoms with Crippen LogP contribution >= 0.6 is 0 Å². The van der Waals surface area contributed by atoms with Gasteiger partial charge in [-0.3, -0.25) is 0 Å². The summed E-state index contributed by atoms with van der Waals surface area (Å²) < 4.78 is 0. The molecule has 0 aromatic rings. The van der Waals surface area contributed by atoms with Crippen LogP contribution in [-0.2, 0) is 51.2 Å². The molecular formula is CoCrFeSi. The average Bonchev–Trinajstić information content (AvgIpc) is 0. The summed E-state index contributed by atoms with van der Waals surface area (Å²) in [5.41, 5.74) is 0. The molecule has 0 aromatic heterocycles. The molecule has 0 saturated heterocycles. The van der Waals surface area contributed by atoms with Crippen molar-refractivity contribution in [3.05, 3.63) is 0 Å². The molecule has 0 spiro atoms. The van der Waals surface area contributed by atoms with E-state index in [1.807, 2.05) is 0 Å². The Morgan fingerprint density at radius 3 is 1.00 bits per heavy atom. The van der Waals surface area contributed by atoms with Gasteiger partial charge in [0.2, 0.25) is 0 Å². The summed E-state index contributed by atoms with van der Waals surface area (Å²) >= 11 is 0. The van der Waals surface area contributed by atoms with Gasteiger partial charge >= 0.3 is 0 Å². The minimum atomic E-state index is 0. The first-order valence-electron chi connectivity index (χ1n) is 0. The Morgan fingerprint density at radius 2 is 1.00 bits per heavy atom. The topological polar surface area (TPSA) is 0 Å². The van der Waals surface area contributed by atoms with Gasteiger partial charge in [-0.25, -0.2) is 0 Å². The Hall–Kier alpha value is 1.78. The largest absolute Gasteiger partial charge is 0 e. The minimum Gasteiger partial charge on any atom is 0 e.